The van der Waals surface area contributed by atoms with Gasteiger partial charge in [0.25, 0.3) is 0 Å². The summed E-state index contributed by atoms with van der Waals surface area (Å²) in [7, 11) is 3.11. The first-order valence-electron chi connectivity index (χ1n) is 19.1. The second kappa shape index (κ2) is 17.2. The summed E-state index contributed by atoms with van der Waals surface area (Å²) in [5.41, 5.74) is 5.20. The maximum atomic E-state index is 13.3. The highest BCUT2D eigenvalue weighted by Crippen LogP contribution is 2.42. The van der Waals surface area contributed by atoms with Gasteiger partial charge in [-0.2, -0.15) is 0 Å². The van der Waals surface area contributed by atoms with E-state index >= 15 is 0 Å². The number of pyridine rings is 3. The van der Waals surface area contributed by atoms with Crippen LogP contribution in [0, 0.1) is 0 Å². The molecule has 2 aliphatic heterocycles. The molecule has 304 valence electrons. The van der Waals surface area contributed by atoms with Crippen LogP contribution in [0.3, 0.4) is 0 Å². The van der Waals surface area contributed by atoms with E-state index in [1.54, 1.807) is 18.2 Å². The molecule has 1 aromatic carbocycles. The molecule has 58 heavy (non-hydrogen) atoms. The highest BCUT2D eigenvalue weighted by molar-refractivity contribution is 6.39. The molecule has 2 fully saturated rings. The fraction of sp³-hybridized carbons (Fsp3) is 0.381. The van der Waals surface area contributed by atoms with Gasteiger partial charge in [-0.05, 0) is 57.9 Å². The van der Waals surface area contributed by atoms with E-state index in [2.05, 4.69) is 20.9 Å². The monoisotopic (exact) mass is 828 g/mol. The molecule has 0 spiro atoms. The second-order valence-electron chi connectivity index (χ2n) is 15.4. The molecule has 6 heterocycles. The Hall–Kier alpha value is -5.44. The molecule has 14 nitrogen and oxygen atoms in total. The number of halogens is 2. The summed E-state index contributed by atoms with van der Waals surface area (Å²) >= 11 is 14.3. The molecule has 2 aliphatic rings. The van der Waals surface area contributed by atoms with Crippen molar-refractivity contribution in [2.45, 2.75) is 77.2 Å². The molecule has 16 heteroatoms. The van der Waals surface area contributed by atoms with Crippen LogP contribution >= 0.6 is 23.2 Å². The number of ether oxygens (including phenoxy) is 3. The van der Waals surface area contributed by atoms with Gasteiger partial charge in [-0.3, -0.25) is 14.6 Å². The minimum atomic E-state index is -0.707. The Kier molecular flexibility index (Phi) is 12.1. The number of rotatable bonds is 13. The van der Waals surface area contributed by atoms with Crippen molar-refractivity contribution in [3.8, 4) is 45.3 Å². The minimum Gasteiger partial charge on any atom is -0.493 e. The molecule has 2 atom stereocenters. The van der Waals surface area contributed by atoms with E-state index in [9.17, 15) is 14.4 Å². The fourth-order valence-corrected chi connectivity index (χ4v) is 7.86. The summed E-state index contributed by atoms with van der Waals surface area (Å²) < 4.78 is 19.1. The Labute approximate surface area is 346 Å². The van der Waals surface area contributed by atoms with Crippen molar-refractivity contribution in [2.24, 2.45) is 0 Å². The zero-order chi connectivity index (χ0) is 41.1. The number of methoxy groups -OCH3 is 2. The van der Waals surface area contributed by atoms with Gasteiger partial charge in [-0.15, -0.1) is 0 Å². The van der Waals surface area contributed by atoms with Crippen molar-refractivity contribution >= 4 is 46.8 Å². The van der Waals surface area contributed by atoms with Gasteiger partial charge in [0, 0.05) is 91.0 Å². The average Bonchev–Trinajstić information content (AvgIpc) is 3.93. The maximum absolute atomic E-state index is 13.3. The Morgan fingerprint density at radius 1 is 0.931 bits per heavy atom. The van der Waals surface area contributed by atoms with E-state index in [1.807, 2.05) is 80.0 Å². The van der Waals surface area contributed by atoms with Gasteiger partial charge in [0.05, 0.1) is 47.9 Å². The Balaban J connectivity index is 1.14. The molecule has 7 rings (SSSR count). The van der Waals surface area contributed by atoms with Crippen molar-refractivity contribution in [1.82, 2.24) is 40.2 Å². The third-order valence-electron chi connectivity index (χ3n) is 9.97. The van der Waals surface area contributed by atoms with Crippen LogP contribution in [0.15, 0.2) is 61.1 Å². The lowest BCUT2D eigenvalue weighted by Crippen LogP contribution is -2.43. The number of carbonyl (C=O) groups excluding carboxylic acids is 3. The highest BCUT2D eigenvalue weighted by Gasteiger charge is 2.30. The number of amides is 3. The van der Waals surface area contributed by atoms with Crippen LogP contribution in [-0.4, -0.2) is 87.2 Å². The average molecular weight is 830 g/mol. The fourth-order valence-electron chi connectivity index (χ4n) is 7.21. The van der Waals surface area contributed by atoms with Crippen molar-refractivity contribution in [2.75, 3.05) is 27.3 Å². The second-order valence-corrected chi connectivity index (χ2v) is 16.2. The molecule has 0 bridgehead atoms. The molecule has 0 radical (unpaired) electrons. The van der Waals surface area contributed by atoms with Gasteiger partial charge >= 0.3 is 6.09 Å². The predicted molar refractivity (Wildman–Crippen MR) is 221 cm³/mol. The normalized spacial score (nSPS) is 16.7. The molecule has 2 saturated heterocycles. The van der Waals surface area contributed by atoms with Gasteiger partial charge in [0.15, 0.2) is 11.4 Å². The van der Waals surface area contributed by atoms with E-state index in [4.69, 9.17) is 47.4 Å². The quantitative estimate of drug-likeness (QED) is 0.115. The number of nitrogens with zero attached hydrogens (tertiary/aromatic N) is 5. The molecular weight excluding hydrogens is 783 g/mol. The number of carbonyl (C=O) groups is 3. The Morgan fingerprint density at radius 2 is 1.66 bits per heavy atom. The summed E-state index contributed by atoms with van der Waals surface area (Å²) in [6, 6.07) is 12.9. The molecule has 0 aliphatic carbocycles. The van der Waals surface area contributed by atoms with E-state index in [1.165, 1.54) is 7.11 Å². The summed E-state index contributed by atoms with van der Waals surface area (Å²) in [6.45, 7) is 7.03. The van der Waals surface area contributed by atoms with Gasteiger partial charge in [0.1, 0.15) is 5.60 Å². The summed E-state index contributed by atoms with van der Waals surface area (Å²) in [6.07, 6.45) is 7.44. The predicted octanol–water partition coefficient (Wildman–Crippen LogP) is 6.83. The van der Waals surface area contributed by atoms with Crippen molar-refractivity contribution in [3.05, 3.63) is 82.4 Å². The topological polar surface area (TPSA) is 161 Å². The van der Waals surface area contributed by atoms with E-state index in [0.29, 0.717) is 98.9 Å². The number of hydrogen-bond donors (Lipinski definition) is 3. The number of fused-ring (bicyclic) bond motifs is 1. The zero-order valence-electron chi connectivity index (χ0n) is 33.0. The van der Waals surface area contributed by atoms with Crippen LogP contribution in [-0.2, 0) is 27.4 Å². The third-order valence-corrected chi connectivity index (χ3v) is 10.8. The molecule has 3 amide bonds. The lowest BCUT2D eigenvalue weighted by atomic mass is 10.00. The molecule has 5 aromatic rings. The van der Waals surface area contributed by atoms with Crippen LogP contribution in [0.25, 0.3) is 39.3 Å². The highest BCUT2D eigenvalue weighted by atomic mass is 35.5. The largest absolute Gasteiger partial charge is 0.493 e. The van der Waals surface area contributed by atoms with Gasteiger partial charge < -0.3 is 39.5 Å². The number of benzene rings is 1. The number of imidazole rings is 1. The molecule has 0 unspecified atom stereocenters. The van der Waals surface area contributed by atoms with Gasteiger partial charge in [-0.25, -0.2) is 14.8 Å². The SMILES string of the molecule is COc1nc(-c2cccc(-c3ccnc(-c4cc(OC)c5nc(CNC[C@@H]6CCC(=O)N6)cn5c4)c3Cl)c2Cl)ccc1CN(C[C@@H]1CCC(=O)N1)C(=O)OC(C)(C)C. The van der Waals surface area contributed by atoms with Crippen LogP contribution in [0.4, 0.5) is 4.79 Å². The Bertz CT molecular complexity index is 2360. The van der Waals surface area contributed by atoms with E-state index < -0.39 is 11.7 Å². The van der Waals surface area contributed by atoms with E-state index in [-0.39, 0.29) is 37.0 Å². The summed E-state index contributed by atoms with van der Waals surface area (Å²) in [5.74, 6) is 0.918. The molecule has 0 saturated carbocycles. The van der Waals surface area contributed by atoms with Crippen molar-refractivity contribution in [1.29, 1.82) is 0 Å². The first-order valence-corrected chi connectivity index (χ1v) is 19.9. The van der Waals surface area contributed by atoms with E-state index in [0.717, 1.165) is 12.1 Å². The first kappa shape index (κ1) is 40.7. The maximum Gasteiger partial charge on any atom is 0.410 e. The number of hydrogen-bond acceptors (Lipinski definition) is 10. The summed E-state index contributed by atoms with van der Waals surface area (Å²) in [4.78, 5) is 52.6. The van der Waals surface area contributed by atoms with Crippen molar-refractivity contribution < 1.29 is 28.6 Å². The van der Waals surface area contributed by atoms with Gasteiger partial charge in [0.2, 0.25) is 17.7 Å². The van der Waals surface area contributed by atoms with Crippen LogP contribution in [0.1, 0.15) is 57.7 Å². The zero-order valence-corrected chi connectivity index (χ0v) is 34.5. The standard InChI is InChI=1S/C42H46Cl2N8O6/c1-42(2,3)58-41(55)52(22-27-11-14-35(54)48-27)20-24-9-12-32(50-40(24)57-5)31-8-6-7-29(36(31)43)30-15-16-46-38(37(30)44)25-17-33(56-4)39-49-28(23-51(39)21-25)19-45-18-26-10-13-34(53)47-26/h6-9,12,15-17,21,23,26-27,45H,10-11,13-14,18-20,22H2,1-5H3,(H,47,53)(H,48,54)/t26-,27-/m0/s1. The van der Waals surface area contributed by atoms with Crippen LogP contribution in [0.5, 0.6) is 11.6 Å². The lowest BCUT2D eigenvalue weighted by Gasteiger charge is -2.29. The Morgan fingerprint density at radius 3 is 2.34 bits per heavy atom. The summed E-state index contributed by atoms with van der Waals surface area (Å²) in [5, 5.41) is 10.1. The third kappa shape index (κ3) is 9.14. The minimum absolute atomic E-state index is 0.0375. The van der Waals surface area contributed by atoms with Crippen LogP contribution in [0.2, 0.25) is 10.0 Å². The number of aromatic nitrogens is 4. The first-order chi connectivity index (χ1) is 27.8. The molecule has 3 N–H and O–H groups in total. The smallest absolute Gasteiger partial charge is 0.410 e. The molecular formula is C42H46Cl2N8O6. The van der Waals surface area contributed by atoms with Gasteiger partial charge in [-0.1, -0.05) is 41.4 Å². The van der Waals surface area contributed by atoms with Crippen LogP contribution < -0.4 is 25.4 Å². The lowest BCUT2D eigenvalue weighted by molar-refractivity contribution is -0.120. The number of nitrogens with one attached hydrogen (secondary N) is 3. The molecule has 4 aromatic heterocycles. The van der Waals surface area contributed by atoms with Crippen molar-refractivity contribution in [3.63, 3.8) is 0 Å².